The fraction of sp³-hybridized carbons (Fsp3) is 0.417. The summed E-state index contributed by atoms with van der Waals surface area (Å²) < 4.78 is 6.39. The van der Waals surface area contributed by atoms with E-state index in [9.17, 15) is 5.11 Å². The minimum Gasteiger partial charge on any atom is -0.504 e. The van der Waals surface area contributed by atoms with Crippen LogP contribution in [0.15, 0.2) is 48.5 Å². The van der Waals surface area contributed by atoms with Crippen LogP contribution >= 0.6 is 0 Å². The van der Waals surface area contributed by atoms with Gasteiger partial charge in [0.25, 0.3) is 0 Å². The summed E-state index contributed by atoms with van der Waals surface area (Å²) in [5.74, 6) is -2.59. The lowest BCUT2D eigenvalue weighted by atomic mass is 9.62. The highest BCUT2D eigenvalue weighted by Crippen LogP contribution is 2.57. The lowest BCUT2D eigenvalue weighted by molar-refractivity contribution is -0.159. The van der Waals surface area contributed by atoms with Crippen LogP contribution in [-0.4, -0.2) is 57.4 Å². The molecule has 1 saturated carbocycles. The number of hydrogen-bond donors (Lipinski definition) is 3. The average Bonchev–Trinajstić information content (AvgIpc) is 3.12. The van der Waals surface area contributed by atoms with E-state index >= 15 is 0 Å². The fourth-order valence-corrected chi connectivity index (χ4v) is 5.42. The molecule has 3 N–H and O–H groups in total. The van der Waals surface area contributed by atoms with Gasteiger partial charge in [0, 0.05) is 23.6 Å². The molecule has 5 rings (SSSR count). The number of nitrogens with zero attached hydrogens (tertiary/aromatic N) is 1. The van der Waals surface area contributed by atoms with Gasteiger partial charge in [-0.15, -0.1) is 0 Å². The number of ether oxygens (including phenoxy) is 1. The van der Waals surface area contributed by atoms with Crippen LogP contribution in [0, 0.1) is 0 Å². The molecule has 2 aromatic rings. The van der Waals surface area contributed by atoms with E-state index in [2.05, 4.69) is 41.3 Å². The molecule has 7 heteroatoms. The molecule has 2 bridgehead atoms. The minimum absolute atomic E-state index is 0.125. The molecule has 31 heavy (non-hydrogen) atoms. The van der Waals surface area contributed by atoms with E-state index in [0.717, 1.165) is 31.7 Å². The normalized spacial score (nSPS) is 25.9. The average molecular weight is 425 g/mol. The van der Waals surface area contributed by atoms with Crippen LogP contribution in [0.2, 0.25) is 0 Å². The Morgan fingerprint density at radius 3 is 2.48 bits per heavy atom. The number of carbonyl (C=O) groups is 2. The Hall–Kier alpha value is -3.06. The third-order valence-electron chi connectivity index (χ3n) is 6.82. The van der Waals surface area contributed by atoms with Crippen LogP contribution in [0.25, 0.3) is 0 Å². The second-order valence-corrected chi connectivity index (χ2v) is 8.44. The van der Waals surface area contributed by atoms with Gasteiger partial charge in [-0.25, -0.2) is 9.59 Å². The quantitative estimate of drug-likeness (QED) is 0.649. The third-order valence-corrected chi connectivity index (χ3v) is 6.82. The van der Waals surface area contributed by atoms with Crippen LogP contribution in [-0.2, 0) is 21.4 Å². The fourth-order valence-electron chi connectivity index (χ4n) is 5.42. The van der Waals surface area contributed by atoms with Crippen molar-refractivity contribution in [3.8, 4) is 11.5 Å². The molecule has 3 aliphatic rings. The number of carboxylic acid groups (broad SMARTS) is 2. The van der Waals surface area contributed by atoms with Gasteiger partial charge in [-0.2, -0.15) is 0 Å². The Morgan fingerprint density at radius 2 is 1.77 bits per heavy atom. The van der Waals surface area contributed by atoms with Gasteiger partial charge in [0.05, 0.1) is 0 Å². The molecule has 2 fully saturated rings. The molecule has 0 amide bonds. The largest absolute Gasteiger partial charge is 0.504 e. The van der Waals surface area contributed by atoms with E-state index in [1.165, 1.54) is 30.4 Å². The Morgan fingerprint density at radius 1 is 1.03 bits per heavy atom. The number of rotatable bonds is 3. The minimum atomic E-state index is -1.82. The van der Waals surface area contributed by atoms with E-state index in [1.54, 1.807) is 6.07 Å². The zero-order valence-electron chi connectivity index (χ0n) is 17.2. The van der Waals surface area contributed by atoms with E-state index in [0.29, 0.717) is 11.8 Å². The monoisotopic (exact) mass is 425 g/mol. The molecular weight excluding hydrogens is 398 g/mol. The van der Waals surface area contributed by atoms with Gasteiger partial charge in [-0.1, -0.05) is 48.9 Å². The third kappa shape index (κ3) is 3.97. The highest BCUT2D eigenvalue weighted by Gasteiger charge is 2.58. The second-order valence-electron chi connectivity index (χ2n) is 8.44. The number of benzene rings is 2. The van der Waals surface area contributed by atoms with Gasteiger partial charge >= 0.3 is 11.9 Å². The van der Waals surface area contributed by atoms with Crippen molar-refractivity contribution >= 4 is 11.9 Å². The summed E-state index contributed by atoms with van der Waals surface area (Å²) in [4.78, 5) is 20.8. The van der Waals surface area contributed by atoms with Crippen molar-refractivity contribution in [3.05, 3.63) is 59.7 Å². The molecule has 2 aromatic carbocycles. The first kappa shape index (κ1) is 21.2. The number of phenolic OH excluding ortho intramolecular Hbond substituents is 1. The number of fused-ring (bicyclic) bond motifs is 1. The zero-order chi connectivity index (χ0) is 22.0. The van der Waals surface area contributed by atoms with E-state index < -0.39 is 11.9 Å². The highest BCUT2D eigenvalue weighted by atomic mass is 16.5. The molecule has 7 nitrogen and oxygen atoms in total. The van der Waals surface area contributed by atoms with Gasteiger partial charge in [0.2, 0.25) is 0 Å². The SMILES string of the molecule is O=C(O)C(=O)O.Oc1cccc2c1O[C@@H]1[C@@H]3CCC[C@]21CCN3CCc1ccccc1. The summed E-state index contributed by atoms with van der Waals surface area (Å²) in [6, 6.07) is 17.1. The standard InChI is InChI=1S/C22H25NO2.C2H2O4/c24-19-10-4-8-17-20(19)25-21-18-9-5-12-22(17,21)13-15-23(18)14-11-16-6-2-1-3-7-16;3-1(4)2(5)6/h1-4,6-8,10,18,21,24H,5,9,11-15H2;(H,3,4)(H,5,6)/t18-,21+,22-;/m0./s1. The summed E-state index contributed by atoms with van der Waals surface area (Å²) in [7, 11) is 0. The number of aromatic hydroxyl groups is 1. The second kappa shape index (κ2) is 8.59. The van der Waals surface area contributed by atoms with Gasteiger partial charge in [-0.3, -0.25) is 4.90 Å². The number of carboxylic acids is 2. The van der Waals surface area contributed by atoms with Crippen molar-refractivity contribution in [2.24, 2.45) is 0 Å². The first-order valence-corrected chi connectivity index (χ1v) is 10.7. The number of phenols is 1. The molecule has 0 aromatic heterocycles. The number of piperidine rings is 1. The molecule has 1 aliphatic carbocycles. The first-order valence-electron chi connectivity index (χ1n) is 10.7. The first-order chi connectivity index (χ1) is 14.9. The Bertz CT molecular complexity index is 950. The Kier molecular flexibility index (Phi) is 5.87. The maximum absolute atomic E-state index is 10.3. The topological polar surface area (TPSA) is 107 Å². The molecule has 1 saturated heterocycles. The maximum atomic E-state index is 10.3. The maximum Gasteiger partial charge on any atom is 0.414 e. The van der Waals surface area contributed by atoms with E-state index in [-0.39, 0.29) is 11.5 Å². The lowest BCUT2D eigenvalue weighted by Gasteiger charge is -2.52. The number of aliphatic carboxylic acids is 2. The van der Waals surface area contributed by atoms with Crippen molar-refractivity contribution < 1.29 is 29.6 Å². The molecule has 0 spiro atoms. The lowest BCUT2D eigenvalue weighted by Crippen LogP contribution is -2.62. The van der Waals surface area contributed by atoms with Gasteiger partial charge in [-0.05, 0) is 43.9 Å². The summed E-state index contributed by atoms with van der Waals surface area (Å²) in [6.07, 6.45) is 6.08. The predicted molar refractivity (Wildman–Crippen MR) is 113 cm³/mol. The Balaban J connectivity index is 0.000000342. The molecule has 2 aliphatic heterocycles. The summed E-state index contributed by atoms with van der Waals surface area (Å²) in [5.41, 5.74) is 2.79. The van der Waals surface area contributed by atoms with Crippen molar-refractivity contribution in [3.63, 3.8) is 0 Å². The van der Waals surface area contributed by atoms with E-state index in [4.69, 9.17) is 24.5 Å². The van der Waals surface area contributed by atoms with Crippen molar-refractivity contribution in [1.82, 2.24) is 4.90 Å². The van der Waals surface area contributed by atoms with Crippen molar-refractivity contribution in [2.75, 3.05) is 13.1 Å². The van der Waals surface area contributed by atoms with Crippen molar-refractivity contribution in [1.29, 1.82) is 0 Å². The van der Waals surface area contributed by atoms with Gasteiger partial charge in [0.15, 0.2) is 11.5 Å². The van der Waals surface area contributed by atoms with Crippen molar-refractivity contribution in [2.45, 2.75) is 49.7 Å². The zero-order valence-corrected chi connectivity index (χ0v) is 17.2. The molecule has 0 radical (unpaired) electrons. The molecule has 3 atom stereocenters. The summed E-state index contributed by atoms with van der Waals surface area (Å²) >= 11 is 0. The predicted octanol–water partition coefficient (Wildman–Crippen LogP) is 3.05. The van der Waals surface area contributed by atoms with Crippen LogP contribution in [0.1, 0.15) is 36.8 Å². The van der Waals surface area contributed by atoms with Crippen LogP contribution in [0.5, 0.6) is 11.5 Å². The summed E-state index contributed by atoms with van der Waals surface area (Å²) in [5, 5.41) is 25.1. The van der Waals surface area contributed by atoms with Gasteiger partial charge < -0.3 is 20.1 Å². The molecule has 2 heterocycles. The van der Waals surface area contributed by atoms with Crippen LogP contribution in [0.4, 0.5) is 0 Å². The molecule has 164 valence electrons. The highest BCUT2D eigenvalue weighted by molar-refractivity contribution is 6.27. The number of para-hydroxylation sites is 1. The van der Waals surface area contributed by atoms with Gasteiger partial charge in [0.1, 0.15) is 6.10 Å². The smallest absolute Gasteiger partial charge is 0.414 e. The van der Waals surface area contributed by atoms with Crippen LogP contribution in [0.3, 0.4) is 0 Å². The van der Waals surface area contributed by atoms with E-state index in [1.807, 2.05) is 6.07 Å². The summed E-state index contributed by atoms with van der Waals surface area (Å²) in [6.45, 7) is 2.22. The Labute approximate surface area is 180 Å². The molecular formula is C24H27NO6. The number of likely N-dealkylation sites (tertiary alicyclic amines) is 1. The van der Waals surface area contributed by atoms with Crippen LogP contribution < -0.4 is 4.74 Å². The molecule has 0 unspecified atom stereocenters. The number of hydrogen-bond acceptors (Lipinski definition) is 5.